The van der Waals surface area contributed by atoms with E-state index >= 15 is 0 Å². The third-order valence-electron chi connectivity index (χ3n) is 4.72. The van der Waals surface area contributed by atoms with E-state index in [-0.39, 0.29) is 18.2 Å². The fourth-order valence-corrected chi connectivity index (χ4v) is 3.72. The Morgan fingerprint density at radius 2 is 1.95 bits per heavy atom. The number of benzene rings is 1. The number of carboxylic acids is 1. The minimum absolute atomic E-state index is 0.0247. The van der Waals surface area contributed by atoms with Crippen LogP contribution in [0.3, 0.4) is 0 Å². The molecule has 0 amide bonds. The molecule has 1 aliphatic heterocycles. The first kappa shape index (κ1) is 14.4. The highest BCUT2D eigenvalue weighted by molar-refractivity contribution is 5.73. The number of anilines is 1. The lowest BCUT2D eigenvalue weighted by Gasteiger charge is -2.28. The van der Waals surface area contributed by atoms with Gasteiger partial charge in [-0.3, -0.25) is 4.79 Å². The van der Waals surface area contributed by atoms with Gasteiger partial charge < -0.3 is 14.7 Å². The number of carbonyl (C=O) groups is 1. The van der Waals surface area contributed by atoms with Gasteiger partial charge in [0.2, 0.25) is 0 Å². The number of hydrogen-bond donors (Lipinski definition) is 1. The maximum atomic E-state index is 11.1. The van der Waals surface area contributed by atoms with E-state index in [2.05, 4.69) is 0 Å². The van der Waals surface area contributed by atoms with Crippen molar-refractivity contribution >= 4 is 11.7 Å². The van der Waals surface area contributed by atoms with Crippen LogP contribution in [0, 0.1) is 0 Å². The number of hydrogen-bond acceptors (Lipinski definition) is 3. The van der Waals surface area contributed by atoms with Crippen molar-refractivity contribution in [3.8, 4) is 0 Å². The molecule has 21 heavy (non-hydrogen) atoms. The van der Waals surface area contributed by atoms with Crippen molar-refractivity contribution in [1.29, 1.82) is 0 Å². The standard InChI is InChI=1S/C17H23NO3/c19-16(20)13-18(14-6-2-1-3-7-14)12-15-8-11-17(21-15)9-4-5-10-17/h1-3,6-7,15H,4-5,8-13H2,(H,19,20). The molecule has 1 aromatic carbocycles. The Balaban J connectivity index is 1.66. The van der Waals surface area contributed by atoms with Gasteiger partial charge in [-0.05, 0) is 37.8 Å². The number of carboxylic acid groups (broad SMARTS) is 1. The van der Waals surface area contributed by atoms with Gasteiger partial charge in [-0.1, -0.05) is 31.0 Å². The van der Waals surface area contributed by atoms with Crippen molar-refractivity contribution < 1.29 is 14.6 Å². The topological polar surface area (TPSA) is 49.8 Å². The maximum absolute atomic E-state index is 11.1. The summed E-state index contributed by atoms with van der Waals surface area (Å²) in [5.74, 6) is -0.799. The summed E-state index contributed by atoms with van der Waals surface area (Å²) in [4.78, 5) is 13.0. The average molecular weight is 289 g/mol. The van der Waals surface area contributed by atoms with E-state index in [4.69, 9.17) is 9.84 Å². The monoisotopic (exact) mass is 289 g/mol. The van der Waals surface area contributed by atoms with Crippen molar-refractivity contribution in [2.24, 2.45) is 0 Å². The summed E-state index contributed by atoms with van der Waals surface area (Å²) in [6, 6.07) is 9.75. The van der Waals surface area contributed by atoms with Crippen LogP contribution >= 0.6 is 0 Å². The van der Waals surface area contributed by atoms with E-state index in [0.29, 0.717) is 6.54 Å². The number of nitrogens with zero attached hydrogens (tertiary/aromatic N) is 1. The zero-order valence-electron chi connectivity index (χ0n) is 12.3. The molecule has 3 rings (SSSR count). The Morgan fingerprint density at radius 3 is 2.62 bits per heavy atom. The highest BCUT2D eigenvalue weighted by atomic mass is 16.5. The third kappa shape index (κ3) is 3.38. The first-order chi connectivity index (χ1) is 10.2. The van der Waals surface area contributed by atoms with E-state index in [0.717, 1.165) is 18.5 Å². The second-order valence-corrected chi connectivity index (χ2v) is 6.28. The zero-order chi connectivity index (χ0) is 14.7. The summed E-state index contributed by atoms with van der Waals surface area (Å²) in [7, 11) is 0. The van der Waals surface area contributed by atoms with Crippen LogP contribution in [0.5, 0.6) is 0 Å². The van der Waals surface area contributed by atoms with Gasteiger partial charge in [0.25, 0.3) is 0 Å². The van der Waals surface area contributed by atoms with Crippen LogP contribution < -0.4 is 4.90 Å². The molecule has 1 atom stereocenters. The third-order valence-corrected chi connectivity index (χ3v) is 4.72. The first-order valence-corrected chi connectivity index (χ1v) is 7.87. The van der Waals surface area contributed by atoms with Gasteiger partial charge in [0.1, 0.15) is 6.54 Å². The van der Waals surface area contributed by atoms with Crippen LogP contribution in [0.15, 0.2) is 30.3 Å². The average Bonchev–Trinajstić information content (AvgIpc) is 3.09. The lowest BCUT2D eigenvalue weighted by atomic mass is 9.98. The quantitative estimate of drug-likeness (QED) is 0.905. The molecule has 4 heteroatoms. The highest BCUT2D eigenvalue weighted by Gasteiger charge is 2.42. The fraction of sp³-hybridized carbons (Fsp3) is 0.588. The molecule has 1 aliphatic carbocycles. The second kappa shape index (κ2) is 6.06. The van der Waals surface area contributed by atoms with E-state index < -0.39 is 5.97 Å². The summed E-state index contributed by atoms with van der Waals surface area (Å²) in [5, 5.41) is 9.14. The van der Waals surface area contributed by atoms with E-state index in [1.807, 2.05) is 35.2 Å². The molecule has 1 heterocycles. The molecule has 1 spiro atoms. The predicted octanol–water partition coefficient (Wildman–Crippen LogP) is 3.07. The summed E-state index contributed by atoms with van der Waals surface area (Å²) >= 11 is 0. The maximum Gasteiger partial charge on any atom is 0.323 e. The largest absolute Gasteiger partial charge is 0.480 e. The Hall–Kier alpha value is -1.55. The fourth-order valence-electron chi connectivity index (χ4n) is 3.72. The minimum atomic E-state index is -0.799. The van der Waals surface area contributed by atoms with Crippen LogP contribution in [0.25, 0.3) is 0 Å². The predicted molar refractivity (Wildman–Crippen MR) is 81.6 cm³/mol. The van der Waals surface area contributed by atoms with Crippen molar-refractivity contribution in [2.75, 3.05) is 18.0 Å². The Labute approximate surface area is 125 Å². The minimum Gasteiger partial charge on any atom is -0.480 e. The zero-order valence-corrected chi connectivity index (χ0v) is 12.3. The molecule has 1 saturated heterocycles. The highest BCUT2D eigenvalue weighted by Crippen LogP contribution is 2.43. The molecular weight excluding hydrogens is 266 g/mol. The number of rotatable bonds is 5. The molecule has 0 bridgehead atoms. The van der Waals surface area contributed by atoms with Crippen LogP contribution in [0.2, 0.25) is 0 Å². The lowest BCUT2D eigenvalue weighted by Crippen LogP contribution is -2.37. The molecule has 1 N–H and O–H groups in total. The summed E-state index contributed by atoms with van der Waals surface area (Å²) < 4.78 is 6.31. The van der Waals surface area contributed by atoms with Crippen molar-refractivity contribution in [1.82, 2.24) is 0 Å². The first-order valence-electron chi connectivity index (χ1n) is 7.87. The van der Waals surface area contributed by atoms with E-state index in [9.17, 15) is 4.79 Å². The van der Waals surface area contributed by atoms with E-state index in [1.54, 1.807) is 0 Å². The van der Waals surface area contributed by atoms with Gasteiger partial charge in [-0.15, -0.1) is 0 Å². The van der Waals surface area contributed by atoms with Crippen molar-refractivity contribution in [2.45, 2.75) is 50.2 Å². The van der Waals surface area contributed by atoms with Gasteiger partial charge in [-0.2, -0.15) is 0 Å². The molecule has 1 unspecified atom stereocenters. The molecule has 0 aromatic heterocycles. The van der Waals surface area contributed by atoms with Gasteiger partial charge in [0, 0.05) is 12.2 Å². The number of ether oxygens (including phenoxy) is 1. The molecule has 4 nitrogen and oxygen atoms in total. The Morgan fingerprint density at radius 1 is 1.24 bits per heavy atom. The number of aliphatic carboxylic acids is 1. The smallest absolute Gasteiger partial charge is 0.323 e. The van der Waals surface area contributed by atoms with Crippen LogP contribution in [-0.4, -0.2) is 35.9 Å². The molecule has 1 saturated carbocycles. The molecule has 2 aliphatic rings. The van der Waals surface area contributed by atoms with Gasteiger partial charge in [-0.25, -0.2) is 0 Å². The molecule has 0 radical (unpaired) electrons. The van der Waals surface area contributed by atoms with Crippen LogP contribution in [-0.2, 0) is 9.53 Å². The van der Waals surface area contributed by atoms with E-state index in [1.165, 1.54) is 25.7 Å². The van der Waals surface area contributed by atoms with Crippen molar-refractivity contribution in [3.63, 3.8) is 0 Å². The Bertz CT molecular complexity index is 482. The Kier molecular flexibility index (Phi) is 4.15. The summed E-state index contributed by atoms with van der Waals surface area (Å²) in [5.41, 5.74) is 1.06. The van der Waals surface area contributed by atoms with Crippen LogP contribution in [0.4, 0.5) is 5.69 Å². The normalized spacial score (nSPS) is 23.5. The molecular formula is C17H23NO3. The van der Waals surface area contributed by atoms with Gasteiger partial charge in [0.05, 0.1) is 11.7 Å². The van der Waals surface area contributed by atoms with Crippen molar-refractivity contribution in [3.05, 3.63) is 30.3 Å². The van der Waals surface area contributed by atoms with Crippen LogP contribution in [0.1, 0.15) is 38.5 Å². The lowest BCUT2D eigenvalue weighted by molar-refractivity contribution is -0.135. The number of para-hydroxylation sites is 1. The van der Waals surface area contributed by atoms with Gasteiger partial charge >= 0.3 is 5.97 Å². The molecule has 114 valence electrons. The molecule has 1 aromatic rings. The summed E-state index contributed by atoms with van der Waals surface area (Å²) in [6.45, 7) is 0.689. The molecule has 2 fully saturated rings. The van der Waals surface area contributed by atoms with Gasteiger partial charge in [0.15, 0.2) is 0 Å². The second-order valence-electron chi connectivity index (χ2n) is 6.28. The SMILES string of the molecule is O=C(O)CN(CC1CCC2(CCCC2)O1)c1ccccc1. The summed E-state index contributed by atoms with van der Waals surface area (Å²) in [6.07, 6.45) is 7.22.